The zero-order chi connectivity index (χ0) is 16.4. The van der Waals surface area contributed by atoms with E-state index in [1.54, 1.807) is 11.9 Å². The molecule has 1 aliphatic rings. The summed E-state index contributed by atoms with van der Waals surface area (Å²) in [6, 6.07) is 5.52. The Balaban J connectivity index is 1.96. The summed E-state index contributed by atoms with van der Waals surface area (Å²) in [7, 11) is 1.61. The van der Waals surface area contributed by atoms with Crippen molar-refractivity contribution >= 4 is 22.8 Å². The third-order valence-electron chi connectivity index (χ3n) is 4.59. The Morgan fingerprint density at radius 1 is 1.35 bits per heavy atom. The summed E-state index contributed by atoms with van der Waals surface area (Å²) >= 11 is 0. The molecule has 23 heavy (non-hydrogen) atoms. The first-order chi connectivity index (χ1) is 11.2. The zero-order valence-corrected chi connectivity index (χ0v) is 13.6. The van der Waals surface area contributed by atoms with Gasteiger partial charge in [0.1, 0.15) is 17.9 Å². The molecule has 1 N–H and O–H groups in total. The lowest BCUT2D eigenvalue weighted by Crippen LogP contribution is -2.51. The third-order valence-corrected chi connectivity index (χ3v) is 4.59. The van der Waals surface area contributed by atoms with Gasteiger partial charge in [-0.3, -0.25) is 9.59 Å². The first kappa shape index (κ1) is 15.6. The fraction of sp³-hybridized carbons (Fsp3) is 0.444. The van der Waals surface area contributed by atoms with Crippen LogP contribution in [0, 0.1) is 0 Å². The molecular weight excluding hydrogens is 292 g/mol. The number of likely N-dealkylation sites (tertiary alicyclic amines) is 1. The molecule has 1 atom stereocenters. The van der Waals surface area contributed by atoms with Crippen LogP contribution in [0.4, 0.5) is 0 Å². The normalized spacial score (nSPS) is 18.2. The molecule has 1 aromatic heterocycles. The highest BCUT2D eigenvalue weighted by Gasteiger charge is 2.33. The molecule has 1 fully saturated rings. The summed E-state index contributed by atoms with van der Waals surface area (Å²) in [4.78, 5) is 26.8. The molecule has 0 aliphatic carbocycles. The van der Waals surface area contributed by atoms with Crippen molar-refractivity contribution in [2.45, 2.75) is 38.6 Å². The van der Waals surface area contributed by atoms with Gasteiger partial charge in [-0.1, -0.05) is 13.0 Å². The lowest BCUT2D eigenvalue weighted by Gasteiger charge is -2.34. The van der Waals surface area contributed by atoms with Crippen LogP contribution in [0.5, 0.6) is 0 Å². The Morgan fingerprint density at radius 3 is 2.91 bits per heavy atom. The van der Waals surface area contributed by atoms with Crippen LogP contribution in [0.1, 0.15) is 42.1 Å². The summed E-state index contributed by atoms with van der Waals surface area (Å²) in [5.41, 5.74) is 2.42. The third kappa shape index (κ3) is 2.83. The predicted octanol–water partition coefficient (Wildman–Crippen LogP) is 2.74. The predicted molar refractivity (Wildman–Crippen MR) is 88.3 cm³/mol. The number of rotatable bonds is 3. The highest BCUT2D eigenvalue weighted by atomic mass is 16.3. The van der Waals surface area contributed by atoms with Crippen molar-refractivity contribution in [2.75, 3.05) is 13.6 Å². The van der Waals surface area contributed by atoms with Gasteiger partial charge in [-0.2, -0.15) is 0 Å². The van der Waals surface area contributed by atoms with Crippen molar-refractivity contribution in [2.24, 2.45) is 0 Å². The van der Waals surface area contributed by atoms with Crippen LogP contribution in [-0.2, 0) is 11.2 Å². The van der Waals surface area contributed by atoms with Gasteiger partial charge >= 0.3 is 0 Å². The van der Waals surface area contributed by atoms with Crippen molar-refractivity contribution < 1.29 is 14.0 Å². The number of piperidine rings is 1. The van der Waals surface area contributed by atoms with Crippen molar-refractivity contribution in [1.29, 1.82) is 0 Å². The quantitative estimate of drug-likeness (QED) is 0.947. The van der Waals surface area contributed by atoms with Gasteiger partial charge in [0, 0.05) is 19.0 Å². The first-order valence-corrected chi connectivity index (χ1v) is 8.18. The standard InChI is InChI=1S/C18H22N2O3/c1-3-12-7-8-16-13(10-12)14(11-23-16)18(22)20-9-5-4-6-15(20)17(21)19-2/h7-8,10-11,15H,3-6,9H2,1-2H3,(H,19,21). The minimum absolute atomic E-state index is 0.0971. The van der Waals surface area contributed by atoms with Crippen molar-refractivity contribution in [1.82, 2.24) is 10.2 Å². The molecule has 1 unspecified atom stereocenters. The molecular formula is C18H22N2O3. The lowest BCUT2D eigenvalue weighted by molar-refractivity contribution is -0.126. The molecule has 1 saturated heterocycles. The number of nitrogens with zero attached hydrogens (tertiary/aromatic N) is 1. The van der Waals surface area contributed by atoms with Crippen LogP contribution in [0.15, 0.2) is 28.9 Å². The minimum Gasteiger partial charge on any atom is -0.463 e. The summed E-state index contributed by atoms with van der Waals surface area (Å²) < 4.78 is 5.53. The number of aryl methyl sites for hydroxylation is 1. The summed E-state index contributed by atoms with van der Waals surface area (Å²) in [6.07, 6.45) is 5.02. The van der Waals surface area contributed by atoms with Gasteiger partial charge in [0.25, 0.3) is 5.91 Å². The molecule has 1 aromatic carbocycles. The van der Waals surface area contributed by atoms with Gasteiger partial charge in [-0.05, 0) is 43.4 Å². The molecule has 0 radical (unpaired) electrons. The Labute approximate surface area is 135 Å². The highest BCUT2D eigenvalue weighted by Crippen LogP contribution is 2.27. The Morgan fingerprint density at radius 2 is 2.17 bits per heavy atom. The Hall–Kier alpha value is -2.30. The highest BCUT2D eigenvalue weighted by molar-refractivity contribution is 6.07. The zero-order valence-electron chi connectivity index (χ0n) is 13.6. The maximum atomic E-state index is 13.0. The maximum absolute atomic E-state index is 13.0. The average molecular weight is 314 g/mol. The number of furan rings is 1. The molecule has 5 heteroatoms. The van der Waals surface area contributed by atoms with Gasteiger partial charge in [0.15, 0.2) is 0 Å². The maximum Gasteiger partial charge on any atom is 0.258 e. The SMILES string of the molecule is CCc1ccc2occ(C(=O)N3CCCCC3C(=O)NC)c2c1. The molecule has 1 aliphatic heterocycles. The van der Waals surface area contributed by atoms with E-state index in [2.05, 4.69) is 12.2 Å². The number of hydrogen-bond acceptors (Lipinski definition) is 3. The van der Waals surface area contributed by atoms with E-state index in [1.165, 1.54) is 6.26 Å². The smallest absolute Gasteiger partial charge is 0.258 e. The molecule has 0 spiro atoms. The van der Waals surface area contributed by atoms with E-state index < -0.39 is 0 Å². The topological polar surface area (TPSA) is 62.6 Å². The minimum atomic E-state index is -0.388. The number of carbonyl (C=O) groups is 2. The average Bonchev–Trinajstić information content (AvgIpc) is 3.03. The number of carbonyl (C=O) groups excluding carboxylic acids is 2. The molecule has 5 nitrogen and oxygen atoms in total. The second-order valence-electron chi connectivity index (χ2n) is 5.96. The van der Waals surface area contributed by atoms with Crippen LogP contribution < -0.4 is 5.32 Å². The molecule has 2 aromatic rings. The Kier molecular flexibility index (Phi) is 4.37. The van der Waals surface area contributed by atoms with Crippen LogP contribution in [0.2, 0.25) is 0 Å². The first-order valence-electron chi connectivity index (χ1n) is 8.18. The molecule has 2 heterocycles. The van der Waals surface area contributed by atoms with E-state index in [4.69, 9.17) is 4.42 Å². The second kappa shape index (κ2) is 6.44. The van der Waals surface area contributed by atoms with Gasteiger partial charge in [0.2, 0.25) is 5.91 Å². The summed E-state index contributed by atoms with van der Waals surface area (Å²) in [5, 5.41) is 3.49. The van der Waals surface area contributed by atoms with E-state index >= 15 is 0 Å². The number of likely N-dealkylation sites (N-methyl/N-ethyl adjacent to an activating group) is 1. The summed E-state index contributed by atoms with van der Waals surface area (Å²) in [5.74, 6) is -0.217. The van der Waals surface area contributed by atoms with Crippen molar-refractivity contribution in [3.63, 3.8) is 0 Å². The van der Waals surface area contributed by atoms with Gasteiger partial charge in [0.05, 0.1) is 5.56 Å². The van der Waals surface area contributed by atoms with Gasteiger partial charge < -0.3 is 14.6 Å². The van der Waals surface area contributed by atoms with E-state index in [1.807, 2.05) is 18.2 Å². The number of amides is 2. The van der Waals surface area contributed by atoms with E-state index in [0.717, 1.165) is 30.2 Å². The number of nitrogens with one attached hydrogen (secondary N) is 1. The van der Waals surface area contributed by atoms with Crippen molar-refractivity contribution in [3.8, 4) is 0 Å². The molecule has 0 bridgehead atoms. The number of fused-ring (bicyclic) bond motifs is 1. The lowest BCUT2D eigenvalue weighted by atomic mass is 9.99. The molecule has 0 saturated carbocycles. The monoisotopic (exact) mass is 314 g/mol. The number of hydrogen-bond donors (Lipinski definition) is 1. The fourth-order valence-electron chi connectivity index (χ4n) is 3.23. The van der Waals surface area contributed by atoms with Crippen LogP contribution in [-0.4, -0.2) is 36.3 Å². The fourth-order valence-corrected chi connectivity index (χ4v) is 3.23. The molecule has 3 rings (SSSR count). The van der Waals surface area contributed by atoms with Crippen molar-refractivity contribution in [3.05, 3.63) is 35.6 Å². The molecule has 122 valence electrons. The number of benzene rings is 1. The van der Waals surface area contributed by atoms with Crippen LogP contribution in [0.25, 0.3) is 11.0 Å². The van der Waals surface area contributed by atoms with E-state index in [-0.39, 0.29) is 17.9 Å². The van der Waals surface area contributed by atoms with E-state index in [0.29, 0.717) is 24.1 Å². The summed E-state index contributed by atoms with van der Waals surface area (Å²) in [6.45, 7) is 2.69. The molecule has 2 amide bonds. The Bertz CT molecular complexity index is 735. The van der Waals surface area contributed by atoms with Gasteiger partial charge in [-0.25, -0.2) is 0 Å². The largest absolute Gasteiger partial charge is 0.463 e. The second-order valence-corrected chi connectivity index (χ2v) is 5.96. The van der Waals surface area contributed by atoms with Crippen LogP contribution >= 0.6 is 0 Å². The van der Waals surface area contributed by atoms with Crippen LogP contribution in [0.3, 0.4) is 0 Å². The van der Waals surface area contributed by atoms with Gasteiger partial charge in [-0.15, -0.1) is 0 Å². The van der Waals surface area contributed by atoms with E-state index in [9.17, 15) is 9.59 Å².